The van der Waals surface area contributed by atoms with Crippen LogP contribution in [0.15, 0.2) is 0 Å². The Morgan fingerprint density at radius 1 is 1.28 bits per heavy atom. The van der Waals surface area contributed by atoms with E-state index in [4.69, 9.17) is 9.47 Å². The number of amides is 2. The van der Waals surface area contributed by atoms with Gasteiger partial charge in [-0.15, -0.1) is 11.3 Å². The molecule has 0 aliphatic carbocycles. The third-order valence-corrected chi connectivity index (χ3v) is 3.25. The SMILES string of the molecule is COC(=O)c1c(NC(=O)N(C)C)sc(C)c1OC. The van der Waals surface area contributed by atoms with Gasteiger partial charge in [0.1, 0.15) is 16.3 Å². The van der Waals surface area contributed by atoms with E-state index < -0.39 is 5.97 Å². The number of carbonyl (C=O) groups is 2. The lowest BCUT2D eigenvalue weighted by atomic mass is 10.2. The second-order valence-electron chi connectivity index (χ2n) is 3.71. The maximum Gasteiger partial charge on any atom is 0.344 e. The summed E-state index contributed by atoms with van der Waals surface area (Å²) in [6.07, 6.45) is 0. The largest absolute Gasteiger partial charge is 0.495 e. The summed E-state index contributed by atoms with van der Waals surface area (Å²) in [5.41, 5.74) is 0.248. The molecule has 7 heteroatoms. The molecule has 0 bridgehead atoms. The van der Waals surface area contributed by atoms with Gasteiger partial charge in [-0.05, 0) is 6.92 Å². The summed E-state index contributed by atoms with van der Waals surface area (Å²) in [6, 6.07) is -0.316. The summed E-state index contributed by atoms with van der Waals surface area (Å²) in [7, 11) is 5.99. The summed E-state index contributed by atoms with van der Waals surface area (Å²) in [5, 5.41) is 3.07. The molecule has 2 amide bonds. The van der Waals surface area contributed by atoms with Crippen molar-refractivity contribution in [1.82, 2.24) is 4.90 Å². The van der Waals surface area contributed by atoms with E-state index >= 15 is 0 Å². The maximum absolute atomic E-state index is 11.7. The van der Waals surface area contributed by atoms with Crippen LogP contribution in [-0.2, 0) is 4.74 Å². The zero-order valence-electron chi connectivity index (χ0n) is 11.0. The van der Waals surface area contributed by atoms with Crippen molar-refractivity contribution in [3.63, 3.8) is 0 Å². The number of thiophene rings is 1. The van der Waals surface area contributed by atoms with E-state index in [1.165, 1.54) is 30.5 Å². The second kappa shape index (κ2) is 5.72. The molecule has 100 valence electrons. The van der Waals surface area contributed by atoms with Crippen LogP contribution in [0.25, 0.3) is 0 Å². The minimum Gasteiger partial charge on any atom is -0.495 e. The number of ether oxygens (including phenoxy) is 2. The Morgan fingerprint density at radius 3 is 2.33 bits per heavy atom. The third-order valence-electron chi connectivity index (χ3n) is 2.25. The lowest BCUT2D eigenvalue weighted by molar-refractivity contribution is 0.0599. The first-order valence-corrected chi connectivity index (χ1v) is 5.98. The first kappa shape index (κ1) is 14.3. The van der Waals surface area contributed by atoms with E-state index in [1.807, 2.05) is 0 Å². The number of nitrogens with zero attached hydrogens (tertiary/aromatic N) is 1. The summed E-state index contributed by atoms with van der Waals surface area (Å²) < 4.78 is 9.86. The van der Waals surface area contributed by atoms with Crippen molar-refractivity contribution in [2.24, 2.45) is 0 Å². The summed E-state index contributed by atoms with van der Waals surface area (Å²) in [4.78, 5) is 25.5. The molecule has 0 spiro atoms. The fourth-order valence-corrected chi connectivity index (χ4v) is 2.36. The van der Waals surface area contributed by atoms with Gasteiger partial charge in [-0.3, -0.25) is 5.32 Å². The highest BCUT2D eigenvalue weighted by molar-refractivity contribution is 7.17. The van der Waals surface area contributed by atoms with E-state index in [2.05, 4.69) is 5.32 Å². The van der Waals surface area contributed by atoms with Crippen molar-refractivity contribution in [3.8, 4) is 5.75 Å². The molecule has 0 atom stereocenters. The Labute approximate surface area is 109 Å². The quantitative estimate of drug-likeness (QED) is 0.854. The lowest BCUT2D eigenvalue weighted by Crippen LogP contribution is -2.27. The van der Waals surface area contributed by atoms with Gasteiger partial charge in [-0.2, -0.15) is 0 Å². The average molecular weight is 272 g/mol. The minimum absolute atomic E-state index is 0.248. The molecular formula is C11H16N2O4S. The predicted molar refractivity (Wildman–Crippen MR) is 69.7 cm³/mol. The molecule has 0 aromatic carbocycles. The molecule has 0 saturated carbocycles. The van der Waals surface area contributed by atoms with Crippen LogP contribution in [0.3, 0.4) is 0 Å². The van der Waals surface area contributed by atoms with Crippen molar-refractivity contribution in [3.05, 3.63) is 10.4 Å². The van der Waals surface area contributed by atoms with Crippen LogP contribution in [0.4, 0.5) is 9.80 Å². The van der Waals surface area contributed by atoms with Crippen LogP contribution >= 0.6 is 11.3 Å². The highest BCUT2D eigenvalue weighted by atomic mass is 32.1. The van der Waals surface area contributed by atoms with Crippen LogP contribution in [0.5, 0.6) is 5.75 Å². The highest BCUT2D eigenvalue weighted by Crippen LogP contribution is 2.39. The van der Waals surface area contributed by atoms with Crippen molar-refractivity contribution >= 4 is 28.3 Å². The van der Waals surface area contributed by atoms with Crippen LogP contribution in [0.1, 0.15) is 15.2 Å². The molecule has 0 aliphatic heterocycles. The molecule has 6 nitrogen and oxygen atoms in total. The Balaban J connectivity index is 3.19. The van der Waals surface area contributed by atoms with Gasteiger partial charge in [0, 0.05) is 19.0 Å². The van der Waals surface area contributed by atoms with Crippen molar-refractivity contribution in [1.29, 1.82) is 0 Å². The lowest BCUT2D eigenvalue weighted by Gasteiger charge is -2.11. The number of rotatable bonds is 3. The molecule has 1 aromatic rings. The molecule has 1 N–H and O–H groups in total. The van der Waals surface area contributed by atoms with E-state index in [0.717, 1.165) is 4.88 Å². The molecule has 0 aliphatic rings. The fraction of sp³-hybridized carbons (Fsp3) is 0.455. The number of nitrogens with one attached hydrogen (secondary N) is 1. The Kier molecular flexibility index (Phi) is 4.55. The zero-order chi connectivity index (χ0) is 13.9. The van der Waals surface area contributed by atoms with Crippen molar-refractivity contribution < 1.29 is 19.1 Å². The highest BCUT2D eigenvalue weighted by Gasteiger charge is 2.25. The maximum atomic E-state index is 11.7. The monoisotopic (exact) mass is 272 g/mol. The first-order valence-electron chi connectivity index (χ1n) is 5.16. The summed E-state index contributed by atoms with van der Waals surface area (Å²) in [5.74, 6) is -0.105. The standard InChI is InChI=1S/C11H16N2O4S/c1-6-8(16-4)7(10(14)17-5)9(18-6)12-11(15)13(2)3/h1-5H3,(H,12,15). The fourth-order valence-electron chi connectivity index (χ4n) is 1.36. The molecule has 0 radical (unpaired) electrons. The number of hydrogen-bond acceptors (Lipinski definition) is 5. The normalized spacial score (nSPS) is 9.83. The predicted octanol–water partition coefficient (Wildman–Crippen LogP) is 1.95. The van der Waals surface area contributed by atoms with E-state index in [1.54, 1.807) is 21.0 Å². The summed E-state index contributed by atoms with van der Waals surface area (Å²) >= 11 is 1.27. The smallest absolute Gasteiger partial charge is 0.344 e. The molecular weight excluding hydrogens is 256 g/mol. The molecule has 18 heavy (non-hydrogen) atoms. The Morgan fingerprint density at radius 2 is 1.89 bits per heavy atom. The van der Waals surface area contributed by atoms with Gasteiger partial charge in [0.25, 0.3) is 0 Å². The number of aryl methyl sites for hydroxylation is 1. The topological polar surface area (TPSA) is 67.9 Å². The van der Waals surface area contributed by atoms with Gasteiger partial charge in [0.2, 0.25) is 0 Å². The van der Waals surface area contributed by atoms with Crippen molar-refractivity contribution in [2.45, 2.75) is 6.92 Å². The number of carbonyl (C=O) groups excluding carboxylic acids is 2. The zero-order valence-corrected chi connectivity index (χ0v) is 11.8. The number of esters is 1. The van der Waals surface area contributed by atoms with E-state index in [9.17, 15) is 9.59 Å². The second-order valence-corrected chi connectivity index (χ2v) is 4.94. The molecule has 1 aromatic heterocycles. The van der Waals surface area contributed by atoms with Gasteiger partial charge in [-0.25, -0.2) is 9.59 Å². The minimum atomic E-state index is -0.537. The van der Waals surface area contributed by atoms with E-state index in [-0.39, 0.29) is 11.6 Å². The van der Waals surface area contributed by atoms with E-state index in [0.29, 0.717) is 10.8 Å². The van der Waals surface area contributed by atoms with Crippen LogP contribution in [0, 0.1) is 6.92 Å². The number of hydrogen-bond donors (Lipinski definition) is 1. The molecule has 0 fully saturated rings. The number of anilines is 1. The van der Waals surface area contributed by atoms with Gasteiger partial charge < -0.3 is 14.4 Å². The molecule has 1 rings (SSSR count). The van der Waals surface area contributed by atoms with Gasteiger partial charge in [-0.1, -0.05) is 0 Å². The summed E-state index contributed by atoms with van der Waals surface area (Å²) in [6.45, 7) is 1.81. The molecule has 0 saturated heterocycles. The van der Waals surface area contributed by atoms with Crippen molar-refractivity contribution in [2.75, 3.05) is 33.6 Å². The van der Waals surface area contributed by atoms with Crippen LogP contribution < -0.4 is 10.1 Å². The molecule has 0 unspecified atom stereocenters. The third kappa shape index (κ3) is 2.73. The Bertz CT molecular complexity index is 468. The van der Waals surface area contributed by atoms with Gasteiger partial charge in [0.05, 0.1) is 14.2 Å². The number of methoxy groups -OCH3 is 2. The number of urea groups is 1. The van der Waals surface area contributed by atoms with Crippen LogP contribution in [0.2, 0.25) is 0 Å². The van der Waals surface area contributed by atoms with Crippen LogP contribution in [-0.4, -0.2) is 45.2 Å². The first-order chi connectivity index (χ1) is 8.42. The molecule has 1 heterocycles. The average Bonchev–Trinajstić information content (AvgIpc) is 2.63. The van der Waals surface area contributed by atoms with Gasteiger partial charge in [0.15, 0.2) is 0 Å². The van der Waals surface area contributed by atoms with Gasteiger partial charge >= 0.3 is 12.0 Å². The Hall–Kier alpha value is -1.76.